The lowest BCUT2D eigenvalue weighted by Crippen LogP contribution is -2.16. The van der Waals surface area contributed by atoms with Crippen molar-refractivity contribution in [2.75, 3.05) is 0 Å². The molecule has 0 saturated heterocycles. The highest BCUT2D eigenvalue weighted by molar-refractivity contribution is 7.22. The first-order valence-corrected chi connectivity index (χ1v) is 21.0. The average molecular weight is 787 g/mol. The van der Waals surface area contributed by atoms with Crippen molar-refractivity contribution >= 4 is 43.4 Å². The van der Waals surface area contributed by atoms with Crippen molar-refractivity contribution in [3.8, 4) is 61.7 Å². The average Bonchev–Trinajstić information content (AvgIpc) is 3.92. The Hall–Kier alpha value is -7.61. The number of nitrogens with zero attached hydrogens (tertiary/aromatic N) is 6. The van der Waals surface area contributed by atoms with E-state index in [1.54, 1.807) is 11.3 Å². The molecule has 1 aliphatic carbocycles. The smallest absolute Gasteiger partial charge is 0.238 e. The summed E-state index contributed by atoms with van der Waals surface area (Å²) in [5.41, 5.74) is 14.1. The molecule has 1 atom stereocenters. The van der Waals surface area contributed by atoms with E-state index in [9.17, 15) is 0 Å². The minimum atomic E-state index is -0.0637. The molecule has 1 unspecified atom stereocenters. The highest BCUT2D eigenvalue weighted by Crippen LogP contribution is 2.48. The van der Waals surface area contributed by atoms with Gasteiger partial charge in [-0.2, -0.15) is 9.97 Å². The van der Waals surface area contributed by atoms with Crippen molar-refractivity contribution < 1.29 is 0 Å². The summed E-state index contributed by atoms with van der Waals surface area (Å²) < 4.78 is 3.41. The molecule has 282 valence electrons. The Bertz CT molecular complexity index is 3350. The van der Waals surface area contributed by atoms with Crippen molar-refractivity contribution in [2.45, 2.75) is 12.3 Å². The number of aromatic nitrogens is 6. The van der Waals surface area contributed by atoms with E-state index in [0.29, 0.717) is 17.6 Å². The molecule has 4 heterocycles. The zero-order valence-electron chi connectivity index (χ0n) is 32.3. The van der Waals surface area contributed by atoms with Gasteiger partial charge < -0.3 is 0 Å². The van der Waals surface area contributed by atoms with E-state index >= 15 is 0 Å². The second kappa shape index (κ2) is 14.0. The first kappa shape index (κ1) is 34.4. The minimum Gasteiger partial charge on any atom is -0.277 e. The molecule has 7 aromatic carbocycles. The van der Waals surface area contributed by atoms with Gasteiger partial charge in [-0.1, -0.05) is 164 Å². The summed E-state index contributed by atoms with van der Waals surface area (Å²) in [5.74, 6) is 1.76. The van der Waals surface area contributed by atoms with Crippen LogP contribution < -0.4 is 0 Å². The largest absolute Gasteiger partial charge is 0.277 e. The van der Waals surface area contributed by atoms with Gasteiger partial charge >= 0.3 is 0 Å². The zero-order chi connectivity index (χ0) is 39.6. The van der Waals surface area contributed by atoms with Crippen LogP contribution in [0.5, 0.6) is 0 Å². The third-order valence-electron chi connectivity index (χ3n) is 11.7. The number of hydrogen-bond acceptors (Lipinski definition) is 6. The number of hydrogen-bond donors (Lipinski definition) is 0. The normalized spacial score (nSPS) is 13.4. The first-order valence-electron chi connectivity index (χ1n) is 20.2. The third kappa shape index (κ3) is 5.66. The summed E-state index contributed by atoms with van der Waals surface area (Å²) in [6, 6.07) is 65.7. The summed E-state index contributed by atoms with van der Waals surface area (Å²) in [6.07, 6.45) is 0.797. The quantitative estimate of drug-likeness (QED) is 0.168. The second-order valence-corrected chi connectivity index (χ2v) is 16.2. The van der Waals surface area contributed by atoms with E-state index in [1.165, 1.54) is 22.3 Å². The van der Waals surface area contributed by atoms with E-state index in [0.717, 1.165) is 77.1 Å². The molecule has 0 fully saturated rings. The molecule has 0 radical (unpaired) electrons. The predicted octanol–water partition coefficient (Wildman–Crippen LogP) is 13.0. The maximum absolute atomic E-state index is 5.57. The maximum atomic E-state index is 5.57. The SMILES string of the molecule is c1ccc(-c2nc(-c3ccccc3)nc(-n3c4ccccc4c4ccc5c(c43)C(c3cccc(-c4cccc6nc(-c7ccccc7)sc46)n3)Cc3ccccc3-5)n2)cc1. The standard InChI is InChI=1S/C53H34N6S/c1-4-16-33(17-5-1)50-56-51(34-18-6-2-7-19-34)58-53(57-50)59-46-29-13-12-24-38(46)40-31-30-39-37-23-11-10-22-36(37)32-42(47(39)48(40)59)44-27-15-26-43(54-44)41-25-14-28-45-49(41)60-52(55-45)35-20-8-3-9-21-35/h1-31,42H,32H2. The molecule has 0 amide bonds. The fraction of sp³-hybridized carbons (Fsp3) is 0.0377. The summed E-state index contributed by atoms with van der Waals surface area (Å²) in [6.45, 7) is 0. The summed E-state index contributed by atoms with van der Waals surface area (Å²) >= 11 is 1.72. The Morgan fingerprint density at radius 1 is 0.467 bits per heavy atom. The van der Waals surface area contributed by atoms with Crippen LogP contribution in [-0.4, -0.2) is 29.5 Å². The van der Waals surface area contributed by atoms with Crippen LogP contribution in [0.25, 0.3) is 93.7 Å². The van der Waals surface area contributed by atoms with Crippen LogP contribution in [0.4, 0.5) is 0 Å². The molecule has 0 aliphatic heterocycles. The van der Waals surface area contributed by atoms with Gasteiger partial charge in [-0.25, -0.2) is 9.97 Å². The van der Waals surface area contributed by atoms with Crippen LogP contribution in [0, 0.1) is 0 Å². The predicted molar refractivity (Wildman–Crippen MR) is 244 cm³/mol. The highest BCUT2D eigenvalue weighted by Gasteiger charge is 2.32. The lowest BCUT2D eigenvalue weighted by atomic mass is 9.76. The van der Waals surface area contributed by atoms with E-state index in [-0.39, 0.29) is 5.92 Å². The molecular weight excluding hydrogens is 753 g/mol. The Kier molecular flexibility index (Phi) is 8.06. The molecule has 6 nitrogen and oxygen atoms in total. The molecule has 12 rings (SSSR count). The molecule has 60 heavy (non-hydrogen) atoms. The molecule has 0 saturated carbocycles. The van der Waals surface area contributed by atoms with Crippen molar-refractivity contribution in [1.29, 1.82) is 0 Å². The van der Waals surface area contributed by atoms with Gasteiger partial charge in [-0.15, -0.1) is 11.3 Å². The zero-order valence-corrected chi connectivity index (χ0v) is 33.1. The lowest BCUT2D eigenvalue weighted by Gasteiger charge is -2.29. The van der Waals surface area contributed by atoms with E-state index in [4.69, 9.17) is 24.9 Å². The van der Waals surface area contributed by atoms with Crippen molar-refractivity contribution in [1.82, 2.24) is 29.5 Å². The van der Waals surface area contributed by atoms with Gasteiger partial charge in [0.1, 0.15) is 5.01 Å². The fourth-order valence-electron chi connectivity index (χ4n) is 8.96. The Balaban J connectivity index is 1.11. The Morgan fingerprint density at radius 2 is 1.12 bits per heavy atom. The van der Waals surface area contributed by atoms with Gasteiger partial charge in [0.2, 0.25) is 5.95 Å². The molecule has 7 heteroatoms. The molecule has 4 aromatic heterocycles. The molecule has 11 aromatic rings. The van der Waals surface area contributed by atoms with Crippen LogP contribution in [0.2, 0.25) is 0 Å². The molecule has 0 spiro atoms. The van der Waals surface area contributed by atoms with Crippen LogP contribution in [0.15, 0.2) is 188 Å². The highest BCUT2D eigenvalue weighted by atomic mass is 32.1. The number of fused-ring (bicyclic) bond motifs is 8. The summed E-state index contributed by atoms with van der Waals surface area (Å²) in [7, 11) is 0. The van der Waals surface area contributed by atoms with Crippen molar-refractivity contribution in [2.24, 2.45) is 0 Å². The fourth-order valence-corrected chi connectivity index (χ4v) is 10.1. The van der Waals surface area contributed by atoms with E-state index < -0.39 is 0 Å². The van der Waals surface area contributed by atoms with Crippen molar-refractivity contribution in [3.05, 3.63) is 205 Å². The Labute approximate surface area is 350 Å². The molecule has 0 N–H and O–H groups in total. The third-order valence-corrected chi connectivity index (χ3v) is 12.8. The monoisotopic (exact) mass is 786 g/mol. The minimum absolute atomic E-state index is 0.0637. The lowest BCUT2D eigenvalue weighted by molar-refractivity contribution is 0.767. The number of rotatable bonds is 6. The number of benzene rings is 7. The van der Waals surface area contributed by atoms with Gasteiger partial charge in [0.05, 0.1) is 26.9 Å². The van der Waals surface area contributed by atoms with Crippen LogP contribution in [0.3, 0.4) is 0 Å². The van der Waals surface area contributed by atoms with Gasteiger partial charge in [-0.3, -0.25) is 9.55 Å². The van der Waals surface area contributed by atoms with Gasteiger partial charge in [-0.05, 0) is 52.9 Å². The molecule has 0 bridgehead atoms. The van der Waals surface area contributed by atoms with Gasteiger partial charge in [0.15, 0.2) is 11.6 Å². The molecular formula is C53H34N6S. The van der Waals surface area contributed by atoms with Crippen LogP contribution in [0.1, 0.15) is 22.7 Å². The number of pyridine rings is 1. The summed E-state index contributed by atoms with van der Waals surface area (Å²) in [5, 5.41) is 3.30. The van der Waals surface area contributed by atoms with Gasteiger partial charge in [0, 0.05) is 44.6 Å². The van der Waals surface area contributed by atoms with E-state index in [2.05, 4.69) is 150 Å². The van der Waals surface area contributed by atoms with Crippen LogP contribution in [-0.2, 0) is 6.42 Å². The number of thiazole rings is 1. The van der Waals surface area contributed by atoms with Crippen LogP contribution >= 0.6 is 11.3 Å². The maximum Gasteiger partial charge on any atom is 0.238 e. The number of para-hydroxylation sites is 1. The second-order valence-electron chi connectivity index (χ2n) is 15.2. The van der Waals surface area contributed by atoms with E-state index in [1.807, 2.05) is 42.5 Å². The first-order chi connectivity index (χ1) is 29.7. The Morgan fingerprint density at radius 3 is 1.88 bits per heavy atom. The molecule has 1 aliphatic rings. The van der Waals surface area contributed by atoms with Crippen molar-refractivity contribution in [3.63, 3.8) is 0 Å². The summed E-state index contributed by atoms with van der Waals surface area (Å²) in [4.78, 5) is 26.3. The van der Waals surface area contributed by atoms with Gasteiger partial charge in [0.25, 0.3) is 0 Å². The topological polar surface area (TPSA) is 69.4 Å².